The summed E-state index contributed by atoms with van der Waals surface area (Å²) in [5.74, 6) is 4.00. The lowest BCUT2D eigenvalue weighted by atomic mass is 9.92. The van der Waals surface area contributed by atoms with Crippen LogP contribution >= 0.6 is 0 Å². The van der Waals surface area contributed by atoms with Gasteiger partial charge in [0.15, 0.2) is 0 Å². The summed E-state index contributed by atoms with van der Waals surface area (Å²) >= 11 is 0. The van der Waals surface area contributed by atoms with Gasteiger partial charge in [0.25, 0.3) is 0 Å². The summed E-state index contributed by atoms with van der Waals surface area (Å²) in [5, 5.41) is 18.9. The second-order valence-corrected chi connectivity index (χ2v) is 4.34. The minimum atomic E-state index is -0.910. The molecule has 0 aromatic carbocycles. The van der Waals surface area contributed by atoms with Crippen LogP contribution in [0.1, 0.15) is 32.1 Å². The van der Waals surface area contributed by atoms with Gasteiger partial charge in [0.1, 0.15) is 5.78 Å². The van der Waals surface area contributed by atoms with Crippen LogP contribution in [0.15, 0.2) is 0 Å². The predicted octanol–water partition coefficient (Wildman–Crippen LogP) is 1.12. The van der Waals surface area contributed by atoms with Crippen LogP contribution in [0, 0.1) is 33.8 Å². The molecule has 0 amide bonds. The predicted molar refractivity (Wildman–Crippen MR) is 62.3 cm³/mol. The molecule has 1 aliphatic carbocycles. The van der Waals surface area contributed by atoms with Crippen molar-refractivity contribution in [3.05, 3.63) is 10.1 Å². The molecule has 0 spiro atoms. The molecule has 1 aliphatic rings. The Hall–Kier alpha value is -1.90. The Kier molecular flexibility index (Phi) is 5.31. The Labute approximate surface area is 105 Å². The maximum absolute atomic E-state index is 11.6. The monoisotopic (exact) mass is 253 g/mol. The zero-order valence-electron chi connectivity index (χ0n) is 9.92. The fourth-order valence-electron chi connectivity index (χ4n) is 2.11. The van der Waals surface area contributed by atoms with Crippen molar-refractivity contribution in [2.24, 2.45) is 11.8 Å². The van der Waals surface area contributed by atoms with Gasteiger partial charge in [-0.15, -0.1) is 11.8 Å². The molecule has 1 fully saturated rings. The molecule has 2 atom stereocenters. The molecule has 0 radical (unpaired) electrons. The normalized spacial score (nSPS) is 22.3. The molecular formula is C12H15NO5. The van der Waals surface area contributed by atoms with Crippen LogP contribution in [0.3, 0.4) is 0 Å². The molecule has 0 aliphatic heterocycles. The number of rotatable bonds is 5. The van der Waals surface area contributed by atoms with Gasteiger partial charge in [0, 0.05) is 36.0 Å². The van der Waals surface area contributed by atoms with E-state index >= 15 is 0 Å². The highest BCUT2D eigenvalue weighted by Gasteiger charge is 2.36. The summed E-state index contributed by atoms with van der Waals surface area (Å²) < 4.78 is 0. The number of hydrogen-bond acceptors (Lipinski definition) is 4. The van der Waals surface area contributed by atoms with Crippen LogP contribution in [0.4, 0.5) is 0 Å². The molecule has 0 aromatic heterocycles. The summed E-state index contributed by atoms with van der Waals surface area (Å²) in [6, 6.07) is 0. The van der Waals surface area contributed by atoms with E-state index in [-0.39, 0.29) is 37.0 Å². The molecule has 1 N–H and O–H groups in total. The Morgan fingerprint density at radius 1 is 1.50 bits per heavy atom. The SMILES string of the molecule is O=C(O)CCC#CCC1C(=O)CCC1C[N+](=O)[O-]. The Morgan fingerprint density at radius 3 is 2.83 bits per heavy atom. The van der Waals surface area contributed by atoms with Crippen molar-refractivity contribution in [2.75, 3.05) is 6.54 Å². The molecule has 2 unspecified atom stereocenters. The van der Waals surface area contributed by atoms with Gasteiger partial charge < -0.3 is 5.11 Å². The van der Waals surface area contributed by atoms with E-state index in [0.29, 0.717) is 19.3 Å². The van der Waals surface area contributed by atoms with E-state index in [9.17, 15) is 19.7 Å². The van der Waals surface area contributed by atoms with E-state index in [4.69, 9.17) is 5.11 Å². The van der Waals surface area contributed by atoms with Crippen LogP contribution in [0.5, 0.6) is 0 Å². The lowest BCUT2D eigenvalue weighted by molar-refractivity contribution is -0.489. The zero-order valence-corrected chi connectivity index (χ0v) is 9.92. The molecule has 0 saturated heterocycles. The average molecular weight is 253 g/mol. The number of carbonyl (C=O) groups is 2. The second-order valence-electron chi connectivity index (χ2n) is 4.34. The first-order valence-electron chi connectivity index (χ1n) is 5.82. The Bertz CT molecular complexity index is 406. The molecule has 6 heteroatoms. The third-order valence-electron chi connectivity index (χ3n) is 3.04. The van der Waals surface area contributed by atoms with Crippen LogP contribution in [-0.2, 0) is 9.59 Å². The lowest BCUT2D eigenvalue weighted by Gasteiger charge is -2.10. The third-order valence-corrected chi connectivity index (χ3v) is 3.04. The summed E-state index contributed by atoms with van der Waals surface area (Å²) in [4.78, 5) is 31.9. The number of carbonyl (C=O) groups excluding carboxylic acids is 1. The first kappa shape index (κ1) is 14.2. The van der Waals surface area contributed by atoms with E-state index in [1.54, 1.807) is 0 Å². The fraction of sp³-hybridized carbons (Fsp3) is 0.667. The summed E-state index contributed by atoms with van der Waals surface area (Å²) in [7, 11) is 0. The smallest absolute Gasteiger partial charge is 0.304 e. The highest BCUT2D eigenvalue weighted by Crippen LogP contribution is 2.31. The number of nitro groups is 1. The van der Waals surface area contributed by atoms with Crippen LogP contribution in [0.2, 0.25) is 0 Å². The number of hydrogen-bond donors (Lipinski definition) is 1. The van der Waals surface area contributed by atoms with Crippen molar-refractivity contribution >= 4 is 11.8 Å². The number of Topliss-reactive ketones (excluding diaryl/α,β-unsaturated/α-hetero) is 1. The van der Waals surface area contributed by atoms with Crippen molar-refractivity contribution in [1.29, 1.82) is 0 Å². The maximum atomic E-state index is 11.6. The largest absolute Gasteiger partial charge is 0.481 e. The highest BCUT2D eigenvalue weighted by atomic mass is 16.6. The van der Waals surface area contributed by atoms with Crippen LogP contribution in [-0.4, -0.2) is 28.3 Å². The quantitative estimate of drug-likeness (QED) is 0.449. The number of nitrogens with zero attached hydrogens (tertiary/aromatic N) is 1. The first-order valence-corrected chi connectivity index (χ1v) is 5.82. The van der Waals surface area contributed by atoms with Gasteiger partial charge in [-0.2, -0.15) is 0 Å². The average Bonchev–Trinajstić information content (AvgIpc) is 2.59. The van der Waals surface area contributed by atoms with Gasteiger partial charge in [-0.25, -0.2) is 0 Å². The minimum absolute atomic E-state index is 0.0239. The van der Waals surface area contributed by atoms with E-state index < -0.39 is 10.9 Å². The van der Waals surface area contributed by atoms with Crippen molar-refractivity contribution < 1.29 is 19.6 Å². The topological polar surface area (TPSA) is 97.5 Å². The van der Waals surface area contributed by atoms with Gasteiger partial charge in [0.05, 0.1) is 6.42 Å². The molecule has 6 nitrogen and oxygen atoms in total. The van der Waals surface area contributed by atoms with Crippen LogP contribution in [0.25, 0.3) is 0 Å². The molecule has 0 bridgehead atoms. The third kappa shape index (κ3) is 4.53. The fourth-order valence-corrected chi connectivity index (χ4v) is 2.11. The summed E-state index contributed by atoms with van der Waals surface area (Å²) in [5.41, 5.74) is 0. The van der Waals surface area contributed by atoms with E-state index in [1.165, 1.54) is 0 Å². The second kappa shape index (κ2) is 6.74. The van der Waals surface area contributed by atoms with E-state index in [2.05, 4.69) is 11.8 Å². The molecule has 98 valence electrons. The van der Waals surface area contributed by atoms with Crippen molar-refractivity contribution in [2.45, 2.75) is 32.1 Å². The standard InChI is InChI=1S/C12H15NO5/c14-11-7-6-9(8-13(17)18)10(11)4-2-1-3-5-12(15)16/h9-10H,3-8H2,(H,15,16). The van der Waals surface area contributed by atoms with Gasteiger partial charge in [-0.1, -0.05) is 0 Å². The molecule has 1 rings (SSSR count). The van der Waals surface area contributed by atoms with Crippen molar-refractivity contribution in [3.8, 4) is 11.8 Å². The Balaban J connectivity index is 2.44. The summed E-state index contributed by atoms with van der Waals surface area (Å²) in [6.07, 6.45) is 1.47. The van der Waals surface area contributed by atoms with Gasteiger partial charge >= 0.3 is 5.97 Å². The van der Waals surface area contributed by atoms with Gasteiger partial charge in [-0.3, -0.25) is 19.7 Å². The number of carboxylic acids is 1. The number of carboxylic acid groups (broad SMARTS) is 1. The molecule has 0 aromatic rings. The van der Waals surface area contributed by atoms with Crippen molar-refractivity contribution in [3.63, 3.8) is 0 Å². The minimum Gasteiger partial charge on any atom is -0.481 e. The molecular weight excluding hydrogens is 238 g/mol. The van der Waals surface area contributed by atoms with Crippen LogP contribution < -0.4 is 0 Å². The maximum Gasteiger partial charge on any atom is 0.304 e. The summed E-state index contributed by atoms with van der Waals surface area (Å²) in [6.45, 7) is -0.187. The Morgan fingerprint density at radius 2 is 2.22 bits per heavy atom. The van der Waals surface area contributed by atoms with Gasteiger partial charge in [0.2, 0.25) is 6.54 Å². The molecule has 1 saturated carbocycles. The van der Waals surface area contributed by atoms with Crippen molar-refractivity contribution in [1.82, 2.24) is 0 Å². The molecule has 18 heavy (non-hydrogen) atoms. The first-order chi connectivity index (χ1) is 8.50. The highest BCUT2D eigenvalue weighted by molar-refractivity contribution is 5.83. The number of aliphatic carboxylic acids is 1. The van der Waals surface area contributed by atoms with E-state index in [0.717, 1.165) is 0 Å². The van der Waals surface area contributed by atoms with E-state index in [1.807, 2.05) is 0 Å². The number of ketones is 1. The molecule has 0 heterocycles. The van der Waals surface area contributed by atoms with Gasteiger partial charge in [-0.05, 0) is 6.42 Å². The zero-order chi connectivity index (χ0) is 13.5. The lowest BCUT2D eigenvalue weighted by Crippen LogP contribution is -2.21.